The van der Waals surface area contributed by atoms with Gasteiger partial charge >= 0.3 is 0 Å². The number of benzene rings is 2. The molecule has 0 aliphatic heterocycles. The SMILES string of the molecule is Cc1cccc(-c2nc3ccccc3n2CC(N)=O)c1. The first-order valence-corrected chi connectivity index (χ1v) is 6.46. The van der Waals surface area contributed by atoms with Gasteiger partial charge in [-0.25, -0.2) is 4.98 Å². The Balaban J connectivity index is 2.26. The summed E-state index contributed by atoms with van der Waals surface area (Å²) in [7, 11) is 0. The van der Waals surface area contributed by atoms with E-state index in [-0.39, 0.29) is 12.5 Å². The summed E-state index contributed by atoms with van der Waals surface area (Å²) < 4.78 is 1.87. The summed E-state index contributed by atoms with van der Waals surface area (Å²) in [5.74, 6) is 0.399. The van der Waals surface area contributed by atoms with Crippen LogP contribution in [-0.2, 0) is 11.3 Å². The molecule has 0 fully saturated rings. The van der Waals surface area contributed by atoms with Crippen molar-refractivity contribution in [1.82, 2.24) is 9.55 Å². The monoisotopic (exact) mass is 265 g/mol. The molecule has 0 unspecified atom stereocenters. The van der Waals surface area contributed by atoms with Crippen LogP contribution in [0, 0.1) is 6.92 Å². The smallest absolute Gasteiger partial charge is 0.237 e. The number of nitrogens with zero attached hydrogens (tertiary/aromatic N) is 2. The van der Waals surface area contributed by atoms with Crippen LogP contribution >= 0.6 is 0 Å². The van der Waals surface area contributed by atoms with E-state index in [0.29, 0.717) is 0 Å². The van der Waals surface area contributed by atoms with Gasteiger partial charge in [0.25, 0.3) is 0 Å². The molecule has 2 N–H and O–H groups in total. The van der Waals surface area contributed by atoms with Gasteiger partial charge in [0.15, 0.2) is 0 Å². The van der Waals surface area contributed by atoms with Gasteiger partial charge in [0.05, 0.1) is 11.0 Å². The van der Waals surface area contributed by atoms with Gasteiger partial charge in [-0.05, 0) is 25.1 Å². The second-order valence-corrected chi connectivity index (χ2v) is 4.85. The van der Waals surface area contributed by atoms with E-state index >= 15 is 0 Å². The third-order valence-electron chi connectivity index (χ3n) is 3.24. The molecule has 0 aliphatic rings. The van der Waals surface area contributed by atoms with E-state index in [2.05, 4.69) is 11.1 Å². The Hall–Kier alpha value is -2.62. The molecule has 4 nitrogen and oxygen atoms in total. The molecule has 0 aliphatic carbocycles. The molecule has 100 valence electrons. The number of para-hydroxylation sites is 2. The van der Waals surface area contributed by atoms with Crippen molar-refractivity contribution in [3.63, 3.8) is 0 Å². The highest BCUT2D eigenvalue weighted by molar-refractivity contribution is 5.84. The zero-order chi connectivity index (χ0) is 14.1. The Bertz CT molecular complexity index is 789. The molecule has 0 saturated heterocycles. The predicted molar refractivity (Wildman–Crippen MR) is 79.1 cm³/mol. The minimum atomic E-state index is -0.373. The van der Waals surface area contributed by atoms with Crippen molar-refractivity contribution in [3.05, 3.63) is 54.1 Å². The van der Waals surface area contributed by atoms with Crippen molar-refractivity contribution >= 4 is 16.9 Å². The van der Waals surface area contributed by atoms with Crippen LogP contribution in [0.2, 0.25) is 0 Å². The van der Waals surface area contributed by atoms with E-state index in [1.54, 1.807) is 0 Å². The van der Waals surface area contributed by atoms with Crippen molar-refractivity contribution in [3.8, 4) is 11.4 Å². The number of nitrogens with two attached hydrogens (primary N) is 1. The highest BCUT2D eigenvalue weighted by atomic mass is 16.1. The quantitative estimate of drug-likeness (QED) is 0.791. The van der Waals surface area contributed by atoms with Crippen molar-refractivity contribution in [2.75, 3.05) is 0 Å². The van der Waals surface area contributed by atoms with Gasteiger partial charge in [-0.3, -0.25) is 4.79 Å². The zero-order valence-electron chi connectivity index (χ0n) is 11.2. The average Bonchev–Trinajstić information content (AvgIpc) is 2.77. The van der Waals surface area contributed by atoms with Crippen LogP contribution in [0.3, 0.4) is 0 Å². The maximum atomic E-state index is 11.3. The Labute approximate surface area is 116 Å². The van der Waals surface area contributed by atoms with Crippen molar-refractivity contribution in [2.45, 2.75) is 13.5 Å². The third kappa shape index (κ3) is 2.16. The van der Waals surface area contributed by atoms with E-state index in [9.17, 15) is 4.79 Å². The van der Waals surface area contributed by atoms with Crippen LogP contribution in [0.25, 0.3) is 22.4 Å². The van der Waals surface area contributed by atoms with Crippen molar-refractivity contribution < 1.29 is 4.79 Å². The lowest BCUT2D eigenvalue weighted by Crippen LogP contribution is -2.19. The first kappa shape index (κ1) is 12.4. The number of primary amides is 1. The molecule has 0 spiro atoms. The van der Waals surface area contributed by atoms with E-state index in [0.717, 1.165) is 28.0 Å². The average molecular weight is 265 g/mol. The molecule has 1 amide bonds. The molecular formula is C16H15N3O. The van der Waals surface area contributed by atoms with Gasteiger partial charge in [-0.1, -0.05) is 35.9 Å². The molecule has 0 atom stereocenters. The molecule has 3 rings (SSSR count). The van der Waals surface area contributed by atoms with Gasteiger partial charge in [-0.15, -0.1) is 0 Å². The van der Waals surface area contributed by atoms with Crippen LogP contribution in [0.5, 0.6) is 0 Å². The standard InChI is InChI=1S/C16H15N3O/c1-11-5-4-6-12(9-11)16-18-13-7-2-3-8-14(13)19(16)10-15(17)20/h2-9H,10H2,1H3,(H2,17,20). The van der Waals surface area contributed by atoms with Crippen LogP contribution < -0.4 is 5.73 Å². The third-order valence-corrected chi connectivity index (χ3v) is 3.24. The van der Waals surface area contributed by atoms with Crippen LogP contribution in [-0.4, -0.2) is 15.5 Å². The summed E-state index contributed by atoms with van der Waals surface area (Å²) in [5.41, 5.74) is 9.29. The van der Waals surface area contributed by atoms with Crippen LogP contribution in [0.4, 0.5) is 0 Å². The first-order valence-electron chi connectivity index (χ1n) is 6.46. The largest absolute Gasteiger partial charge is 0.368 e. The minimum Gasteiger partial charge on any atom is -0.368 e. The molecule has 0 radical (unpaired) electrons. The highest BCUT2D eigenvalue weighted by Gasteiger charge is 2.13. The lowest BCUT2D eigenvalue weighted by Gasteiger charge is -2.07. The topological polar surface area (TPSA) is 60.9 Å². The fourth-order valence-electron chi connectivity index (χ4n) is 2.40. The molecule has 1 heterocycles. The van der Waals surface area contributed by atoms with E-state index in [1.165, 1.54) is 0 Å². The predicted octanol–water partition coefficient (Wildman–Crippen LogP) is 2.50. The number of aryl methyl sites for hydroxylation is 1. The number of fused-ring (bicyclic) bond motifs is 1. The lowest BCUT2D eigenvalue weighted by atomic mass is 10.1. The van der Waals surface area contributed by atoms with Gasteiger partial charge < -0.3 is 10.3 Å². The summed E-state index contributed by atoms with van der Waals surface area (Å²) in [4.78, 5) is 16.0. The molecule has 4 heteroatoms. The molecule has 20 heavy (non-hydrogen) atoms. The fourth-order valence-corrected chi connectivity index (χ4v) is 2.40. The number of carbonyl (C=O) groups excluding carboxylic acids is 1. The number of rotatable bonds is 3. The highest BCUT2D eigenvalue weighted by Crippen LogP contribution is 2.25. The second kappa shape index (κ2) is 4.81. The van der Waals surface area contributed by atoms with E-state index < -0.39 is 0 Å². The number of aromatic nitrogens is 2. The van der Waals surface area contributed by atoms with Gasteiger partial charge in [0, 0.05) is 5.56 Å². The van der Waals surface area contributed by atoms with Gasteiger partial charge in [0.1, 0.15) is 12.4 Å². The van der Waals surface area contributed by atoms with E-state index in [1.807, 2.05) is 54.0 Å². The number of amides is 1. The first-order chi connectivity index (χ1) is 9.65. The molecule has 2 aromatic carbocycles. The zero-order valence-corrected chi connectivity index (χ0v) is 11.2. The Morgan fingerprint density at radius 2 is 2.00 bits per heavy atom. The summed E-state index contributed by atoms with van der Waals surface area (Å²) in [6.45, 7) is 2.16. The number of hydrogen-bond acceptors (Lipinski definition) is 2. The summed E-state index contributed by atoms with van der Waals surface area (Å²) in [5, 5.41) is 0. The maximum absolute atomic E-state index is 11.3. The second-order valence-electron chi connectivity index (χ2n) is 4.85. The maximum Gasteiger partial charge on any atom is 0.237 e. The summed E-state index contributed by atoms with van der Waals surface area (Å²) in [6, 6.07) is 15.8. The van der Waals surface area contributed by atoms with E-state index in [4.69, 9.17) is 5.73 Å². The molecule has 3 aromatic rings. The Morgan fingerprint density at radius 1 is 1.20 bits per heavy atom. The summed E-state index contributed by atoms with van der Waals surface area (Å²) >= 11 is 0. The van der Waals surface area contributed by atoms with Crippen molar-refractivity contribution in [2.24, 2.45) is 5.73 Å². The number of carbonyl (C=O) groups is 1. The summed E-state index contributed by atoms with van der Waals surface area (Å²) in [6.07, 6.45) is 0. The Morgan fingerprint density at radius 3 is 2.75 bits per heavy atom. The van der Waals surface area contributed by atoms with Crippen LogP contribution in [0.15, 0.2) is 48.5 Å². The van der Waals surface area contributed by atoms with Gasteiger partial charge in [0.2, 0.25) is 5.91 Å². The number of hydrogen-bond donors (Lipinski definition) is 1. The van der Waals surface area contributed by atoms with Gasteiger partial charge in [-0.2, -0.15) is 0 Å². The number of imidazole rings is 1. The van der Waals surface area contributed by atoms with Crippen molar-refractivity contribution in [1.29, 1.82) is 0 Å². The molecule has 0 saturated carbocycles. The fraction of sp³-hybridized carbons (Fsp3) is 0.125. The Kier molecular flexibility index (Phi) is 2.99. The molecule has 0 bridgehead atoms. The van der Waals surface area contributed by atoms with Crippen LogP contribution in [0.1, 0.15) is 5.56 Å². The molecule has 1 aromatic heterocycles. The molecular weight excluding hydrogens is 250 g/mol. The lowest BCUT2D eigenvalue weighted by molar-refractivity contribution is -0.118. The minimum absolute atomic E-state index is 0.129. The normalized spacial score (nSPS) is 10.8.